The number of carbonyl (C=O) groups excluding carboxylic acids is 1. The molecule has 30 heavy (non-hydrogen) atoms. The molecule has 1 aliphatic heterocycles. The monoisotopic (exact) mass is 400 g/mol. The number of carbonyl (C=O) groups is 1. The van der Waals surface area contributed by atoms with Gasteiger partial charge in [0.05, 0.1) is 40.7 Å². The topological polar surface area (TPSA) is 79.7 Å². The average Bonchev–Trinajstić information content (AvgIpc) is 3.46. The predicted octanol–water partition coefficient (Wildman–Crippen LogP) is 3.98. The van der Waals surface area contributed by atoms with Crippen LogP contribution in [0.25, 0.3) is 16.7 Å². The number of likely N-dealkylation sites (tertiary alicyclic amines) is 1. The van der Waals surface area contributed by atoms with Crippen molar-refractivity contribution in [3.05, 3.63) is 71.3 Å². The highest BCUT2D eigenvalue weighted by atomic mass is 16.2. The second-order valence-corrected chi connectivity index (χ2v) is 8.19. The highest BCUT2D eigenvalue weighted by molar-refractivity contribution is 5.98. The summed E-state index contributed by atoms with van der Waals surface area (Å²) < 4.78 is 0. The van der Waals surface area contributed by atoms with E-state index in [0.29, 0.717) is 23.7 Å². The number of benzene rings is 2. The summed E-state index contributed by atoms with van der Waals surface area (Å²) in [6.07, 6.45) is 4.17. The third-order valence-electron chi connectivity index (χ3n) is 5.91. The summed E-state index contributed by atoms with van der Waals surface area (Å²) in [6.45, 7) is 6.93. The van der Waals surface area contributed by atoms with Crippen molar-refractivity contribution in [1.29, 1.82) is 0 Å². The fourth-order valence-corrected chi connectivity index (χ4v) is 4.36. The Balaban J connectivity index is 1.56. The molecule has 0 unspecified atom stereocenters. The number of fused-ring (bicyclic) bond motifs is 1. The van der Waals surface area contributed by atoms with Crippen LogP contribution >= 0.6 is 0 Å². The van der Waals surface area contributed by atoms with Crippen LogP contribution in [0.5, 0.6) is 0 Å². The number of nitrogens with one attached hydrogen (secondary N) is 1. The van der Waals surface area contributed by atoms with E-state index in [1.807, 2.05) is 30.0 Å². The van der Waals surface area contributed by atoms with Gasteiger partial charge in [-0.15, -0.1) is 0 Å². The molecule has 2 aromatic carbocycles. The summed E-state index contributed by atoms with van der Waals surface area (Å²) in [4.78, 5) is 25.5. The van der Waals surface area contributed by atoms with E-state index in [0.717, 1.165) is 28.8 Å². The molecule has 0 saturated carbocycles. The van der Waals surface area contributed by atoms with E-state index in [9.17, 15) is 4.79 Å². The second-order valence-electron chi connectivity index (χ2n) is 8.19. The molecular formula is C23H24N6O. The minimum atomic E-state index is -0.0934. The number of rotatable bonds is 3. The molecule has 1 N–H and O–H groups in total. The molecule has 1 saturated heterocycles. The largest absolute Gasteiger partial charge is 0.340 e. The molecule has 0 aliphatic carbocycles. The first-order valence-electron chi connectivity index (χ1n) is 10.3. The van der Waals surface area contributed by atoms with Crippen LogP contribution < -0.4 is 0 Å². The van der Waals surface area contributed by atoms with Gasteiger partial charge in [0.15, 0.2) is 0 Å². The van der Waals surface area contributed by atoms with E-state index in [1.165, 1.54) is 10.4 Å². The molecule has 1 aliphatic rings. The lowest BCUT2D eigenvalue weighted by molar-refractivity contribution is 0.0714. The third-order valence-corrected chi connectivity index (χ3v) is 5.91. The fraction of sp³-hybridized carbons (Fsp3) is 0.304. The van der Waals surface area contributed by atoms with Gasteiger partial charge in [0, 0.05) is 6.54 Å². The molecule has 0 bridgehead atoms. The van der Waals surface area contributed by atoms with Crippen molar-refractivity contribution >= 4 is 16.9 Å². The van der Waals surface area contributed by atoms with Gasteiger partial charge in [-0.3, -0.25) is 4.79 Å². The van der Waals surface area contributed by atoms with Crippen LogP contribution in [0.2, 0.25) is 0 Å². The molecule has 152 valence electrons. The average molecular weight is 400 g/mol. The quantitative estimate of drug-likeness (QED) is 0.564. The highest BCUT2D eigenvalue weighted by Gasteiger charge is 2.38. The van der Waals surface area contributed by atoms with E-state index in [2.05, 4.69) is 47.2 Å². The molecule has 2 atom stereocenters. The summed E-state index contributed by atoms with van der Waals surface area (Å²) in [7, 11) is 0. The Morgan fingerprint density at radius 2 is 1.80 bits per heavy atom. The first kappa shape index (κ1) is 18.5. The highest BCUT2D eigenvalue weighted by Crippen LogP contribution is 2.38. The van der Waals surface area contributed by atoms with Crippen molar-refractivity contribution in [2.24, 2.45) is 5.92 Å². The van der Waals surface area contributed by atoms with Crippen LogP contribution in [0.1, 0.15) is 46.7 Å². The number of aromatic nitrogens is 5. The Morgan fingerprint density at radius 3 is 2.60 bits per heavy atom. The van der Waals surface area contributed by atoms with E-state index in [1.54, 1.807) is 12.4 Å². The van der Waals surface area contributed by atoms with Crippen molar-refractivity contribution in [3.8, 4) is 5.69 Å². The zero-order valence-electron chi connectivity index (χ0n) is 17.3. The van der Waals surface area contributed by atoms with Crippen molar-refractivity contribution < 1.29 is 4.79 Å². The van der Waals surface area contributed by atoms with Crippen LogP contribution in [0.4, 0.5) is 0 Å². The maximum Gasteiger partial charge on any atom is 0.256 e. The second kappa shape index (κ2) is 7.09. The third kappa shape index (κ3) is 3.07. The van der Waals surface area contributed by atoms with Crippen LogP contribution in [0.15, 0.2) is 48.8 Å². The van der Waals surface area contributed by atoms with Gasteiger partial charge in [0.2, 0.25) is 0 Å². The number of imidazole rings is 1. The standard InChI is InChI=1S/C23H24N6O/c1-14-5-7-20(29-24-9-10-25-29)17(12-14)23(30)28-11-8-16(3)21(28)22-26-18-6-4-15(2)13-19(18)27-22/h4-7,9-10,12-13,16,21H,8,11H2,1-3H3,(H,26,27)/t16-,21-/m0/s1. The van der Waals surface area contributed by atoms with E-state index >= 15 is 0 Å². The van der Waals surface area contributed by atoms with Gasteiger partial charge in [-0.2, -0.15) is 15.0 Å². The number of amides is 1. The summed E-state index contributed by atoms with van der Waals surface area (Å²) in [5.41, 5.74) is 5.43. The van der Waals surface area contributed by atoms with Gasteiger partial charge in [0.1, 0.15) is 5.82 Å². The number of nitrogens with zero attached hydrogens (tertiary/aromatic N) is 5. The summed E-state index contributed by atoms with van der Waals surface area (Å²) in [6, 6.07) is 11.9. The van der Waals surface area contributed by atoms with Gasteiger partial charge in [-0.25, -0.2) is 4.98 Å². The van der Waals surface area contributed by atoms with E-state index in [-0.39, 0.29) is 11.9 Å². The van der Waals surface area contributed by atoms with Gasteiger partial charge in [-0.1, -0.05) is 24.6 Å². The van der Waals surface area contributed by atoms with Crippen molar-refractivity contribution in [1.82, 2.24) is 29.9 Å². The molecule has 0 spiro atoms. The number of hydrogen-bond acceptors (Lipinski definition) is 4. The number of aryl methyl sites for hydroxylation is 2. The van der Waals surface area contributed by atoms with Crippen molar-refractivity contribution in [3.63, 3.8) is 0 Å². The van der Waals surface area contributed by atoms with Crippen molar-refractivity contribution in [2.45, 2.75) is 33.2 Å². The summed E-state index contributed by atoms with van der Waals surface area (Å²) in [5, 5.41) is 8.46. The Kier molecular flexibility index (Phi) is 4.38. The zero-order valence-corrected chi connectivity index (χ0v) is 17.3. The van der Waals surface area contributed by atoms with Gasteiger partial charge >= 0.3 is 0 Å². The van der Waals surface area contributed by atoms with Crippen LogP contribution in [0, 0.1) is 19.8 Å². The smallest absolute Gasteiger partial charge is 0.256 e. The minimum Gasteiger partial charge on any atom is -0.340 e. The molecule has 7 heteroatoms. The first-order valence-corrected chi connectivity index (χ1v) is 10.3. The lowest BCUT2D eigenvalue weighted by Gasteiger charge is -2.26. The van der Waals surface area contributed by atoms with Crippen molar-refractivity contribution in [2.75, 3.05) is 6.54 Å². The maximum absolute atomic E-state index is 13.7. The normalized spacial score (nSPS) is 19.0. The Labute approximate surface area is 174 Å². The molecule has 5 rings (SSSR count). The number of hydrogen-bond donors (Lipinski definition) is 1. The SMILES string of the molecule is Cc1ccc(-n2nccn2)c(C(=O)N2CC[C@H](C)[C@H]2c2nc3cc(C)ccc3[nH]2)c1. The molecule has 1 fully saturated rings. The van der Waals surface area contributed by atoms with Crippen LogP contribution in [0.3, 0.4) is 0 Å². The first-order chi connectivity index (χ1) is 14.5. The molecule has 2 aromatic heterocycles. The Morgan fingerprint density at radius 1 is 1.07 bits per heavy atom. The van der Waals surface area contributed by atoms with E-state index < -0.39 is 0 Å². The van der Waals surface area contributed by atoms with Gasteiger partial charge < -0.3 is 9.88 Å². The lowest BCUT2D eigenvalue weighted by Crippen LogP contribution is -2.33. The fourth-order valence-electron chi connectivity index (χ4n) is 4.36. The maximum atomic E-state index is 13.7. The van der Waals surface area contributed by atoms with Gasteiger partial charge in [0.25, 0.3) is 5.91 Å². The Hall–Kier alpha value is -3.48. The van der Waals surface area contributed by atoms with Gasteiger partial charge in [-0.05, 0) is 56.0 Å². The predicted molar refractivity (Wildman–Crippen MR) is 114 cm³/mol. The molecule has 7 nitrogen and oxygen atoms in total. The summed E-state index contributed by atoms with van der Waals surface area (Å²) in [5.74, 6) is 1.14. The molecule has 4 aromatic rings. The van der Waals surface area contributed by atoms with Crippen LogP contribution in [-0.2, 0) is 0 Å². The lowest BCUT2D eigenvalue weighted by atomic mass is 10.0. The van der Waals surface area contributed by atoms with Crippen LogP contribution in [-0.4, -0.2) is 42.3 Å². The zero-order chi connectivity index (χ0) is 20.8. The Bertz CT molecular complexity index is 1230. The molecule has 0 radical (unpaired) electrons. The molecule has 1 amide bonds. The minimum absolute atomic E-state index is 0.0167. The molecular weight excluding hydrogens is 376 g/mol. The number of aromatic amines is 1. The molecule has 3 heterocycles. The summed E-state index contributed by atoms with van der Waals surface area (Å²) >= 11 is 0. The van der Waals surface area contributed by atoms with E-state index in [4.69, 9.17) is 4.98 Å². The number of H-pyrrole nitrogens is 1.